The summed E-state index contributed by atoms with van der Waals surface area (Å²) in [5.41, 5.74) is 3.34. The van der Waals surface area contributed by atoms with Gasteiger partial charge in [0, 0.05) is 23.1 Å². The lowest BCUT2D eigenvalue weighted by molar-refractivity contribution is -0.122. The van der Waals surface area contributed by atoms with Crippen molar-refractivity contribution < 1.29 is 33.4 Å². The standard InChI is InChI=1S/C27H23N3O7/c1-4-35-26(33)17-6-5-7-19(11-17)29-15(2)10-18(16(29)3)12-21-24(31)28-27(34)30(25(21)32)20-8-9-22-23(13-20)37-14-36-22/h5-13H,4,14H2,1-3H3,(H,28,31,34)/b21-12+. The molecule has 4 amide bonds. The monoisotopic (exact) mass is 501 g/mol. The van der Waals surface area contributed by atoms with Gasteiger partial charge in [-0.3, -0.25) is 14.9 Å². The number of hydrogen-bond acceptors (Lipinski definition) is 7. The van der Waals surface area contributed by atoms with Gasteiger partial charge >= 0.3 is 12.0 Å². The fraction of sp³-hybridized carbons (Fsp3) is 0.185. The highest BCUT2D eigenvalue weighted by Gasteiger charge is 2.37. The molecule has 37 heavy (non-hydrogen) atoms. The maximum Gasteiger partial charge on any atom is 0.338 e. The van der Waals surface area contributed by atoms with Crippen LogP contribution in [0.25, 0.3) is 11.8 Å². The Balaban J connectivity index is 1.51. The Morgan fingerprint density at radius 2 is 1.81 bits per heavy atom. The fourth-order valence-electron chi connectivity index (χ4n) is 4.39. The van der Waals surface area contributed by atoms with Gasteiger partial charge in [0.1, 0.15) is 5.57 Å². The van der Waals surface area contributed by atoms with Crippen LogP contribution in [0.15, 0.2) is 54.1 Å². The Labute approximate surface area is 212 Å². The molecule has 2 aliphatic heterocycles. The van der Waals surface area contributed by atoms with Gasteiger partial charge in [0.25, 0.3) is 11.8 Å². The van der Waals surface area contributed by atoms with Gasteiger partial charge in [0.15, 0.2) is 11.5 Å². The van der Waals surface area contributed by atoms with E-state index in [0.717, 1.165) is 22.0 Å². The summed E-state index contributed by atoms with van der Waals surface area (Å²) >= 11 is 0. The molecule has 0 unspecified atom stereocenters. The van der Waals surface area contributed by atoms with Crippen molar-refractivity contribution in [2.24, 2.45) is 0 Å². The van der Waals surface area contributed by atoms with Gasteiger partial charge in [-0.05, 0) is 68.8 Å². The Bertz CT molecular complexity index is 1500. The predicted octanol–water partition coefficient (Wildman–Crippen LogP) is 3.67. The van der Waals surface area contributed by atoms with Crippen LogP contribution in [-0.2, 0) is 14.3 Å². The molecule has 0 bridgehead atoms. The van der Waals surface area contributed by atoms with E-state index in [1.165, 1.54) is 12.1 Å². The molecule has 188 valence electrons. The zero-order chi connectivity index (χ0) is 26.3. The third-order valence-corrected chi connectivity index (χ3v) is 6.10. The summed E-state index contributed by atoms with van der Waals surface area (Å²) < 4.78 is 17.6. The first-order chi connectivity index (χ1) is 17.8. The van der Waals surface area contributed by atoms with Crippen molar-refractivity contribution in [3.63, 3.8) is 0 Å². The van der Waals surface area contributed by atoms with Crippen LogP contribution < -0.4 is 19.7 Å². The highest BCUT2D eigenvalue weighted by molar-refractivity contribution is 6.39. The van der Waals surface area contributed by atoms with Gasteiger partial charge in [0.05, 0.1) is 17.9 Å². The second-order valence-electron chi connectivity index (χ2n) is 8.43. The highest BCUT2D eigenvalue weighted by Crippen LogP contribution is 2.36. The molecule has 10 nitrogen and oxygen atoms in total. The molecule has 1 aromatic heterocycles. The smallest absolute Gasteiger partial charge is 0.338 e. The minimum absolute atomic E-state index is 0.0425. The van der Waals surface area contributed by atoms with Crippen LogP contribution in [0.3, 0.4) is 0 Å². The molecule has 0 spiro atoms. The molecule has 3 aromatic rings. The van der Waals surface area contributed by atoms with Gasteiger partial charge in [0.2, 0.25) is 6.79 Å². The molecule has 2 aromatic carbocycles. The van der Waals surface area contributed by atoms with E-state index in [9.17, 15) is 19.2 Å². The van der Waals surface area contributed by atoms with Gasteiger partial charge in [-0.25, -0.2) is 14.5 Å². The Hall–Kier alpha value is -4.86. The van der Waals surface area contributed by atoms with Crippen LogP contribution >= 0.6 is 0 Å². The fourth-order valence-corrected chi connectivity index (χ4v) is 4.39. The van der Waals surface area contributed by atoms with Crippen molar-refractivity contribution in [1.82, 2.24) is 9.88 Å². The molecule has 0 saturated carbocycles. The summed E-state index contributed by atoms with van der Waals surface area (Å²) in [6.45, 7) is 5.76. The van der Waals surface area contributed by atoms with Crippen LogP contribution in [0.2, 0.25) is 0 Å². The number of carbonyl (C=O) groups is 4. The Kier molecular flexibility index (Phi) is 6.00. The quantitative estimate of drug-likeness (QED) is 0.322. The normalized spacial score (nSPS) is 15.8. The van der Waals surface area contributed by atoms with Gasteiger partial charge in [-0.2, -0.15) is 0 Å². The number of amides is 4. The molecule has 3 heterocycles. The summed E-state index contributed by atoms with van der Waals surface area (Å²) in [6.07, 6.45) is 1.46. The molecule has 1 N–H and O–H groups in total. The number of imide groups is 2. The van der Waals surface area contributed by atoms with Crippen LogP contribution in [0.5, 0.6) is 11.5 Å². The number of hydrogen-bond donors (Lipinski definition) is 1. The first-order valence-electron chi connectivity index (χ1n) is 11.6. The van der Waals surface area contributed by atoms with Crippen molar-refractivity contribution >= 4 is 35.6 Å². The maximum atomic E-state index is 13.4. The average molecular weight is 501 g/mol. The van der Waals surface area contributed by atoms with Crippen molar-refractivity contribution in [2.75, 3.05) is 18.3 Å². The number of nitrogens with zero attached hydrogens (tertiary/aromatic N) is 2. The number of aromatic nitrogens is 1. The van der Waals surface area contributed by atoms with Gasteiger partial charge in [-0.15, -0.1) is 0 Å². The van der Waals surface area contributed by atoms with E-state index in [0.29, 0.717) is 22.6 Å². The van der Waals surface area contributed by atoms with E-state index in [1.54, 1.807) is 37.3 Å². The number of aryl methyl sites for hydroxylation is 1. The number of fused-ring (bicyclic) bond motifs is 1. The average Bonchev–Trinajstić information content (AvgIpc) is 3.45. The third-order valence-electron chi connectivity index (χ3n) is 6.10. The van der Waals surface area contributed by atoms with Crippen molar-refractivity contribution in [3.05, 3.63) is 76.6 Å². The molecule has 2 aliphatic rings. The van der Waals surface area contributed by atoms with E-state index in [4.69, 9.17) is 14.2 Å². The molecular weight excluding hydrogens is 478 g/mol. The Morgan fingerprint density at radius 3 is 2.59 bits per heavy atom. The first kappa shape index (κ1) is 23.9. The third kappa shape index (κ3) is 4.22. The summed E-state index contributed by atoms with van der Waals surface area (Å²) in [5, 5.41) is 2.23. The van der Waals surface area contributed by atoms with Gasteiger partial charge < -0.3 is 18.8 Å². The first-order valence-corrected chi connectivity index (χ1v) is 11.6. The second kappa shape index (κ2) is 9.30. The lowest BCUT2D eigenvalue weighted by Crippen LogP contribution is -2.54. The molecule has 5 rings (SSSR count). The number of barbiturate groups is 1. The topological polar surface area (TPSA) is 116 Å². The second-order valence-corrected chi connectivity index (χ2v) is 8.43. The van der Waals surface area contributed by atoms with E-state index in [-0.39, 0.29) is 24.7 Å². The number of ether oxygens (including phenoxy) is 3. The number of carbonyl (C=O) groups excluding carboxylic acids is 4. The number of nitrogens with one attached hydrogen (secondary N) is 1. The van der Waals surface area contributed by atoms with E-state index in [2.05, 4.69) is 5.32 Å². The van der Waals surface area contributed by atoms with Crippen molar-refractivity contribution in [3.8, 4) is 17.2 Å². The minimum atomic E-state index is -0.854. The SMILES string of the molecule is CCOC(=O)c1cccc(-n2c(C)cc(/C=C3\C(=O)NC(=O)N(c4ccc5c(c4)OCO5)C3=O)c2C)c1. The molecule has 0 aliphatic carbocycles. The summed E-state index contributed by atoms with van der Waals surface area (Å²) in [7, 11) is 0. The van der Waals surface area contributed by atoms with E-state index < -0.39 is 23.8 Å². The number of esters is 1. The minimum Gasteiger partial charge on any atom is -0.462 e. The molecule has 1 fully saturated rings. The highest BCUT2D eigenvalue weighted by atomic mass is 16.7. The number of rotatable bonds is 5. The zero-order valence-electron chi connectivity index (χ0n) is 20.4. The molecule has 0 radical (unpaired) electrons. The van der Waals surface area contributed by atoms with Crippen molar-refractivity contribution in [2.45, 2.75) is 20.8 Å². The molecule has 10 heteroatoms. The van der Waals surface area contributed by atoms with Crippen molar-refractivity contribution in [1.29, 1.82) is 0 Å². The Morgan fingerprint density at radius 1 is 1.03 bits per heavy atom. The summed E-state index contributed by atoms with van der Waals surface area (Å²) in [4.78, 5) is 51.7. The predicted molar refractivity (Wildman–Crippen MR) is 133 cm³/mol. The van der Waals surface area contributed by atoms with Crippen LogP contribution in [0.4, 0.5) is 10.5 Å². The molecule has 0 atom stereocenters. The van der Waals surface area contributed by atoms with Crippen LogP contribution in [0.1, 0.15) is 34.2 Å². The maximum absolute atomic E-state index is 13.4. The lowest BCUT2D eigenvalue weighted by Gasteiger charge is -2.26. The van der Waals surface area contributed by atoms with E-state index in [1.807, 2.05) is 30.5 Å². The van der Waals surface area contributed by atoms with E-state index >= 15 is 0 Å². The summed E-state index contributed by atoms with van der Waals surface area (Å²) in [6, 6.07) is 12.6. The number of urea groups is 1. The molecule has 1 saturated heterocycles. The largest absolute Gasteiger partial charge is 0.462 e. The molecular formula is C27H23N3O7. The van der Waals surface area contributed by atoms with Gasteiger partial charge in [-0.1, -0.05) is 6.07 Å². The number of benzene rings is 2. The zero-order valence-corrected chi connectivity index (χ0v) is 20.4. The summed E-state index contributed by atoms with van der Waals surface area (Å²) in [5.74, 6) is -1.08. The van der Waals surface area contributed by atoms with Crippen LogP contribution in [-0.4, -0.2) is 41.8 Å². The number of anilines is 1. The lowest BCUT2D eigenvalue weighted by atomic mass is 10.1. The van der Waals surface area contributed by atoms with Crippen LogP contribution in [0, 0.1) is 13.8 Å².